The molecule has 1 atom stereocenters. The van der Waals surface area contributed by atoms with Gasteiger partial charge in [0, 0.05) is 5.41 Å². The lowest BCUT2D eigenvalue weighted by Gasteiger charge is -2.21. The van der Waals surface area contributed by atoms with Gasteiger partial charge in [-0.25, -0.2) is 4.79 Å². The van der Waals surface area contributed by atoms with Crippen LogP contribution in [0.4, 0.5) is 0 Å². The molecule has 1 aromatic carbocycles. The van der Waals surface area contributed by atoms with Crippen LogP contribution in [0.25, 0.3) is 0 Å². The number of carbonyl (C=O) groups excluding carboxylic acids is 1. The first-order valence-corrected chi connectivity index (χ1v) is 5.84. The highest BCUT2D eigenvalue weighted by Gasteiger charge is 2.53. The lowest BCUT2D eigenvalue weighted by atomic mass is 9.88. The molecular formula is C14H18O3. The number of ether oxygens (including phenoxy) is 1. The molecule has 92 valence electrons. The van der Waals surface area contributed by atoms with Gasteiger partial charge in [0.15, 0.2) is 6.10 Å². The Bertz CT molecular complexity index is 427. The van der Waals surface area contributed by atoms with E-state index in [4.69, 9.17) is 0 Å². The van der Waals surface area contributed by atoms with Gasteiger partial charge in [-0.3, -0.25) is 0 Å². The quantitative estimate of drug-likeness (QED) is 0.812. The zero-order chi connectivity index (χ0) is 12.6. The van der Waals surface area contributed by atoms with Gasteiger partial charge in [0.1, 0.15) is 0 Å². The molecule has 1 saturated carbocycles. The van der Waals surface area contributed by atoms with Crippen molar-refractivity contribution in [2.75, 3.05) is 7.11 Å². The minimum Gasteiger partial charge on any atom is -0.467 e. The SMILES string of the molecule is COC(=O)C(O)C1(c2cc(C)cc(C)c2)CC1. The second kappa shape index (κ2) is 4.15. The molecule has 3 nitrogen and oxygen atoms in total. The number of aryl methyl sites for hydroxylation is 2. The molecule has 2 rings (SSSR count). The summed E-state index contributed by atoms with van der Waals surface area (Å²) in [6, 6.07) is 6.18. The molecule has 1 aromatic rings. The van der Waals surface area contributed by atoms with Gasteiger partial charge in [-0.05, 0) is 32.3 Å². The zero-order valence-electron chi connectivity index (χ0n) is 10.5. The van der Waals surface area contributed by atoms with Gasteiger partial charge >= 0.3 is 5.97 Å². The molecule has 1 N–H and O–H groups in total. The van der Waals surface area contributed by atoms with Crippen LogP contribution in [0.15, 0.2) is 18.2 Å². The fraction of sp³-hybridized carbons (Fsp3) is 0.500. The Balaban J connectivity index is 2.35. The number of esters is 1. The number of methoxy groups -OCH3 is 1. The minimum atomic E-state index is -1.05. The summed E-state index contributed by atoms with van der Waals surface area (Å²) < 4.78 is 4.63. The lowest BCUT2D eigenvalue weighted by Crippen LogP contribution is -2.35. The number of carbonyl (C=O) groups is 1. The van der Waals surface area contributed by atoms with Crippen LogP contribution in [0, 0.1) is 13.8 Å². The van der Waals surface area contributed by atoms with Gasteiger partial charge in [-0.2, -0.15) is 0 Å². The number of aliphatic hydroxyl groups is 1. The van der Waals surface area contributed by atoms with E-state index in [1.807, 2.05) is 26.0 Å². The highest BCUT2D eigenvalue weighted by Crippen LogP contribution is 2.51. The van der Waals surface area contributed by atoms with Crippen molar-refractivity contribution >= 4 is 5.97 Å². The number of hydrogen-bond donors (Lipinski definition) is 1. The van der Waals surface area contributed by atoms with Crippen LogP contribution in [0.1, 0.15) is 29.5 Å². The first-order valence-electron chi connectivity index (χ1n) is 5.84. The van der Waals surface area contributed by atoms with Gasteiger partial charge in [0.25, 0.3) is 0 Å². The predicted octanol–water partition coefficient (Wildman–Crippen LogP) is 1.87. The van der Waals surface area contributed by atoms with Gasteiger partial charge in [0.05, 0.1) is 7.11 Å². The Hall–Kier alpha value is -1.35. The standard InChI is InChI=1S/C14H18O3/c1-9-6-10(2)8-11(7-9)14(4-5-14)12(15)13(16)17-3/h6-8,12,15H,4-5H2,1-3H3. The molecule has 3 heteroatoms. The van der Waals surface area contributed by atoms with Crippen LogP contribution in [-0.2, 0) is 14.9 Å². The maximum absolute atomic E-state index is 11.5. The largest absolute Gasteiger partial charge is 0.467 e. The summed E-state index contributed by atoms with van der Waals surface area (Å²) in [5.74, 6) is -0.540. The molecule has 1 unspecified atom stereocenters. The fourth-order valence-corrected chi connectivity index (χ4v) is 2.45. The van der Waals surface area contributed by atoms with Crippen LogP contribution in [0.3, 0.4) is 0 Å². The summed E-state index contributed by atoms with van der Waals surface area (Å²) in [4.78, 5) is 11.5. The minimum absolute atomic E-state index is 0.413. The Labute approximate surface area is 101 Å². The van der Waals surface area contributed by atoms with Gasteiger partial charge in [-0.15, -0.1) is 0 Å². The van der Waals surface area contributed by atoms with E-state index in [1.54, 1.807) is 0 Å². The summed E-state index contributed by atoms with van der Waals surface area (Å²) >= 11 is 0. The van der Waals surface area contributed by atoms with Crippen LogP contribution in [0.5, 0.6) is 0 Å². The monoisotopic (exact) mass is 234 g/mol. The molecule has 1 aliphatic rings. The van der Waals surface area contributed by atoms with Crippen molar-refractivity contribution in [3.8, 4) is 0 Å². The van der Waals surface area contributed by atoms with E-state index < -0.39 is 17.5 Å². The van der Waals surface area contributed by atoms with E-state index in [-0.39, 0.29) is 0 Å². The average molecular weight is 234 g/mol. The molecule has 1 fully saturated rings. The molecule has 0 radical (unpaired) electrons. The van der Waals surface area contributed by atoms with Crippen LogP contribution < -0.4 is 0 Å². The van der Waals surface area contributed by atoms with Crippen LogP contribution in [-0.4, -0.2) is 24.3 Å². The molecule has 0 bridgehead atoms. The summed E-state index contributed by atoms with van der Waals surface area (Å²) in [6.07, 6.45) is 0.631. The number of rotatable bonds is 3. The third kappa shape index (κ3) is 2.07. The summed E-state index contributed by atoms with van der Waals surface area (Å²) in [6.45, 7) is 4.05. The van der Waals surface area contributed by atoms with Crippen molar-refractivity contribution in [1.29, 1.82) is 0 Å². The van der Waals surface area contributed by atoms with Crippen molar-refractivity contribution in [1.82, 2.24) is 0 Å². The maximum atomic E-state index is 11.5. The van der Waals surface area contributed by atoms with Crippen molar-refractivity contribution in [2.24, 2.45) is 0 Å². The molecule has 17 heavy (non-hydrogen) atoms. The molecule has 1 aliphatic carbocycles. The van der Waals surface area contributed by atoms with E-state index >= 15 is 0 Å². The van der Waals surface area contributed by atoms with Crippen molar-refractivity contribution in [2.45, 2.75) is 38.2 Å². The zero-order valence-corrected chi connectivity index (χ0v) is 10.5. The third-order valence-electron chi connectivity index (χ3n) is 3.53. The summed E-state index contributed by atoms with van der Waals surface area (Å²) in [7, 11) is 1.31. The van der Waals surface area contributed by atoms with Crippen molar-refractivity contribution in [3.63, 3.8) is 0 Å². The first kappa shape index (κ1) is 12.1. The fourth-order valence-electron chi connectivity index (χ4n) is 2.45. The molecule has 0 amide bonds. The summed E-state index contributed by atoms with van der Waals surface area (Å²) in [5, 5.41) is 10.1. The lowest BCUT2D eigenvalue weighted by molar-refractivity contribution is -0.152. The second-order valence-corrected chi connectivity index (χ2v) is 4.96. The summed E-state index contributed by atoms with van der Waals surface area (Å²) in [5.41, 5.74) is 2.95. The topological polar surface area (TPSA) is 46.5 Å². The van der Waals surface area contributed by atoms with E-state index in [9.17, 15) is 9.90 Å². The third-order valence-corrected chi connectivity index (χ3v) is 3.53. The van der Waals surface area contributed by atoms with Crippen molar-refractivity contribution < 1.29 is 14.6 Å². The first-order chi connectivity index (χ1) is 7.99. The Morgan fingerprint density at radius 2 is 1.82 bits per heavy atom. The Kier molecular flexibility index (Phi) is 2.96. The van der Waals surface area contributed by atoms with Gasteiger partial charge in [-0.1, -0.05) is 29.3 Å². The Morgan fingerprint density at radius 1 is 1.29 bits per heavy atom. The molecule has 0 aromatic heterocycles. The van der Waals surface area contributed by atoms with E-state index in [1.165, 1.54) is 7.11 Å². The number of hydrogen-bond acceptors (Lipinski definition) is 3. The Morgan fingerprint density at radius 3 is 2.24 bits per heavy atom. The number of aliphatic hydroxyl groups excluding tert-OH is 1. The smallest absolute Gasteiger partial charge is 0.335 e. The predicted molar refractivity (Wildman–Crippen MR) is 64.9 cm³/mol. The maximum Gasteiger partial charge on any atom is 0.335 e. The average Bonchev–Trinajstić information content (AvgIpc) is 3.07. The number of benzene rings is 1. The van der Waals surface area contributed by atoms with E-state index in [2.05, 4.69) is 10.8 Å². The molecule has 0 saturated heterocycles. The van der Waals surface area contributed by atoms with Crippen LogP contribution in [0.2, 0.25) is 0 Å². The van der Waals surface area contributed by atoms with Crippen LogP contribution >= 0.6 is 0 Å². The molecule has 0 spiro atoms. The molecule has 0 aliphatic heterocycles. The van der Waals surface area contributed by atoms with Gasteiger partial charge < -0.3 is 9.84 Å². The molecular weight excluding hydrogens is 216 g/mol. The molecule has 0 heterocycles. The highest BCUT2D eigenvalue weighted by molar-refractivity contribution is 5.77. The highest BCUT2D eigenvalue weighted by atomic mass is 16.5. The van der Waals surface area contributed by atoms with E-state index in [0.29, 0.717) is 0 Å². The van der Waals surface area contributed by atoms with E-state index in [0.717, 1.165) is 29.5 Å². The normalized spacial score (nSPS) is 18.6. The second-order valence-electron chi connectivity index (χ2n) is 4.96. The van der Waals surface area contributed by atoms with Gasteiger partial charge in [0.2, 0.25) is 0 Å². The van der Waals surface area contributed by atoms with Crippen molar-refractivity contribution in [3.05, 3.63) is 34.9 Å².